The highest BCUT2D eigenvalue weighted by molar-refractivity contribution is 9.10. The Bertz CT molecular complexity index is 518. The largest absolute Gasteiger partial charge is 0.343 e. The molecule has 0 radical (unpaired) electrons. The third kappa shape index (κ3) is 3.71. The first-order chi connectivity index (χ1) is 9.59. The van der Waals surface area contributed by atoms with Gasteiger partial charge >= 0.3 is 0 Å². The second-order valence-electron chi connectivity index (χ2n) is 4.41. The van der Waals surface area contributed by atoms with E-state index in [-0.39, 0.29) is 18.4 Å². The van der Waals surface area contributed by atoms with E-state index in [1.54, 1.807) is 23.1 Å². The Morgan fingerprint density at radius 2 is 2.05 bits per heavy atom. The molecule has 1 aromatic carbocycles. The molecule has 2 N–H and O–H groups in total. The lowest BCUT2D eigenvalue weighted by molar-refractivity contribution is -0.130. The van der Waals surface area contributed by atoms with Crippen molar-refractivity contribution in [3.63, 3.8) is 0 Å². The molecule has 108 valence electrons. The number of halogens is 2. The van der Waals surface area contributed by atoms with Gasteiger partial charge in [0.05, 0.1) is 17.1 Å². The van der Waals surface area contributed by atoms with E-state index in [9.17, 15) is 9.59 Å². The van der Waals surface area contributed by atoms with Gasteiger partial charge in [-0.05, 0) is 28.1 Å². The van der Waals surface area contributed by atoms with Crippen LogP contribution in [0.15, 0.2) is 22.7 Å². The maximum Gasteiger partial charge on any atom is 0.253 e. The van der Waals surface area contributed by atoms with Crippen molar-refractivity contribution < 1.29 is 9.59 Å². The van der Waals surface area contributed by atoms with Gasteiger partial charge in [-0.25, -0.2) is 0 Å². The van der Waals surface area contributed by atoms with Crippen molar-refractivity contribution in [3.8, 4) is 0 Å². The van der Waals surface area contributed by atoms with Crippen molar-refractivity contribution in [2.24, 2.45) is 0 Å². The fourth-order valence-corrected chi connectivity index (χ4v) is 2.53. The molecule has 7 heteroatoms. The maximum atomic E-state index is 12.0. The van der Waals surface area contributed by atoms with E-state index < -0.39 is 0 Å². The molecule has 0 aliphatic carbocycles. The van der Waals surface area contributed by atoms with Crippen molar-refractivity contribution >= 4 is 39.3 Å². The summed E-state index contributed by atoms with van der Waals surface area (Å²) < 4.78 is 0.653. The van der Waals surface area contributed by atoms with Crippen LogP contribution in [0.3, 0.4) is 0 Å². The number of carbonyl (C=O) groups excluding carboxylic acids is 2. The molecule has 2 rings (SSSR count). The molecule has 1 saturated heterocycles. The summed E-state index contributed by atoms with van der Waals surface area (Å²) in [7, 11) is 0. The molecule has 1 heterocycles. The molecule has 2 amide bonds. The summed E-state index contributed by atoms with van der Waals surface area (Å²) in [5.74, 6) is -0.425. The van der Waals surface area contributed by atoms with Crippen LogP contribution in [0.25, 0.3) is 0 Å². The number of amides is 2. The molecule has 20 heavy (non-hydrogen) atoms. The Morgan fingerprint density at radius 3 is 2.75 bits per heavy atom. The summed E-state index contributed by atoms with van der Waals surface area (Å²) in [5, 5.41) is 6.13. The summed E-state index contributed by atoms with van der Waals surface area (Å²) in [4.78, 5) is 25.7. The Hall–Kier alpha value is -1.11. The van der Waals surface area contributed by atoms with Crippen molar-refractivity contribution in [2.75, 3.05) is 32.7 Å². The van der Waals surface area contributed by atoms with Gasteiger partial charge in [0.15, 0.2) is 0 Å². The second kappa shape index (κ2) is 7.06. The summed E-state index contributed by atoms with van der Waals surface area (Å²) in [6, 6.07) is 5.10. The van der Waals surface area contributed by atoms with E-state index in [4.69, 9.17) is 11.6 Å². The molecule has 1 aliphatic rings. The molecule has 0 bridgehead atoms. The molecular formula is C13H15BrClN3O2. The standard InChI is InChI=1S/C13H15BrClN3O2/c14-10-3-1-2-9(12(10)15)13(20)17-8-11(19)18-6-4-16-5-7-18/h1-3,16H,4-8H2,(H,17,20). The predicted octanol–water partition coefficient (Wildman–Crippen LogP) is 1.26. The summed E-state index contributed by atoms with van der Waals surface area (Å²) >= 11 is 9.30. The fourth-order valence-electron chi connectivity index (χ4n) is 1.96. The van der Waals surface area contributed by atoms with Crippen LogP contribution in [0.4, 0.5) is 0 Å². The predicted molar refractivity (Wildman–Crippen MR) is 80.9 cm³/mol. The smallest absolute Gasteiger partial charge is 0.253 e. The van der Waals surface area contributed by atoms with Gasteiger partial charge in [-0.3, -0.25) is 9.59 Å². The number of carbonyl (C=O) groups is 2. The molecule has 1 aromatic rings. The van der Waals surface area contributed by atoms with E-state index in [0.29, 0.717) is 28.1 Å². The minimum atomic E-state index is -0.347. The lowest BCUT2D eigenvalue weighted by Gasteiger charge is -2.27. The van der Waals surface area contributed by atoms with E-state index in [1.165, 1.54) is 0 Å². The summed E-state index contributed by atoms with van der Waals surface area (Å²) in [6.07, 6.45) is 0. The molecule has 1 fully saturated rings. The van der Waals surface area contributed by atoms with Gasteiger partial charge in [-0.1, -0.05) is 17.7 Å². The highest BCUT2D eigenvalue weighted by Crippen LogP contribution is 2.25. The Kier molecular flexibility index (Phi) is 5.39. The third-order valence-electron chi connectivity index (χ3n) is 3.07. The SMILES string of the molecule is O=C(NCC(=O)N1CCNCC1)c1cccc(Br)c1Cl. The molecule has 1 aliphatic heterocycles. The molecule has 0 unspecified atom stereocenters. The average molecular weight is 361 g/mol. The molecular weight excluding hydrogens is 346 g/mol. The highest BCUT2D eigenvalue weighted by atomic mass is 79.9. The summed E-state index contributed by atoms with van der Waals surface area (Å²) in [5.41, 5.74) is 0.356. The monoisotopic (exact) mass is 359 g/mol. The number of nitrogens with zero attached hydrogens (tertiary/aromatic N) is 1. The van der Waals surface area contributed by atoms with Crippen LogP contribution >= 0.6 is 27.5 Å². The first-order valence-electron chi connectivity index (χ1n) is 6.30. The van der Waals surface area contributed by atoms with Gasteiger partial charge in [0.2, 0.25) is 5.91 Å². The molecule has 0 aromatic heterocycles. The molecule has 0 spiro atoms. The van der Waals surface area contributed by atoms with E-state index >= 15 is 0 Å². The number of hydrogen-bond acceptors (Lipinski definition) is 3. The van der Waals surface area contributed by atoms with E-state index in [1.807, 2.05) is 0 Å². The van der Waals surface area contributed by atoms with E-state index in [0.717, 1.165) is 13.1 Å². The normalized spacial score (nSPS) is 15.0. The molecule has 0 saturated carbocycles. The van der Waals surface area contributed by atoms with E-state index in [2.05, 4.69) is 26.6 Å². The van der Waals surface area contributed by atoms with Crippen molar-refractivity contribution in [1.29, 1.82) is 0 Å². The minimum absolute atomic E-state index is 0.0122. The topological polar surface area (TPSA) is 61.4 Å². The highest BCUT2D eigenvalue weighted by Gasteiger charge is 2.18. The lowest BCUT2D eigenvalue weighted by Crippen LogP contribution is -2.49. The van der Waals surface area contributed by atoms with Gasteiger partial charge in [0, 0.05) is 30.7 Å². The number of hydrogen-bond donors (Lipinski definition) is 2. The number of benzene rings is 1. The minimum Gasteiger partial charge on any atom is -0.343 e. The fraction of sp³-hybridized carbons (Fsp3) is 0.385. The van der Waals surface area contributed by atoms with Crippen molar-refractivity contribution in [1.82, 2.24) is 15.5 Å². The van der Waals surface area contributed by atoms with Gasteiger partial charge in [0.25, 0.3) is 5.91 Å². The van der Waals surface area contributed by atoms with Crippen LogP contribution in [-0.2, 0) is 4.79 Å². The zero-order valence-electron chi connectivity index (χ0n) is 10.8. The second-order valence-corrected chi connectivity index (χ2v) is 5.65. The quantitative estimate of drug-likeness (QED) is 0.853. The zero-order valence-corrected chi connectivity index (χ0v) is 13.1. The van der Waals surface area contributed by atoms with Crippen LogP contribution in [-0.4, -0.2) is 49.4 Å². The Labute approximate surface area is 130 Å². The van der Waals surface area contributed by atoms with Crippen molar-refractivity contribution in [2.45, 2.75) is 0 Å². The third-order valence-corrected chi connectivity index (χ3v) is 4.36. The van der Waals surface area contributed by atoms with Crippen LogP contribution in [0.2, 0.25) is 5.02 Å². The van der Waals surface area contributed by atoms with Gasteiger partial charge < -0.3 is 15.5 Å². The molecule has 5 nitrogen and oxygen atoms in total. The Morgan fingerprint density at radius 1 is 1.35 bits per heavy atom. The number of nitrogens with one attached hydrogen (secondary N) is 2. The van der Waals surface area contributed by atoms with Crippen LogP contribution < -0.4 is 10.6 Å². The van der Waals surface area contributed by atoms with Gasteiger partial charge in [-0.2, -0.15) is 0 Å². The van der Waals surface area contributed by atoms with Crippen LogP contribution in [0, 0.1) is 0 Å². The first-order valence-corrected chi connectivity index (χ1v) is 7.47. The number of piperazine rings is 1. The maximum absolute atomic E-state index is 12.0. The molecule has 0 atom stereocenters. The first kappa shape index (κ1) is 15.3. The zero-order chi connectivity index (χ0) is 14.5. The van der Waals surface area contributed by atoms with Crippen LogP contribution in [0.5, 0.6) is 0 Å². The van der Waals surface area contributed by atoms with Crippen molar-refractivity contribution in [3.05, 3.63) is 33.3 Å². The van der Waals surface area contributed by atoms with Gasteiger partial charge in [0.1, 0.15) is 0 Å². The van der Waals surface area contributed by atoms with Crippen LogP contribution in [0.1, 0.15) is 10.4 Å². The Balaban J connectivity index is 1.91. The average Bonchev–Trinajstić information content (AvgIpc) is 2.48. The lowest BCUT2D eigenvalue weighted by atomic mass is 10.2. The number of rotatable bonds is 3. The van der Waals surface area contributed by atoms with Gasteiger partial charge in [-0.15, -0.1) is 0 Å². The summed E-state index contributed by atoms with van der Waals surface area (Å²) in [6.45, 7) is 2.91.